The average molecular weight is 223 g/mol. The fourth-order valence-electron chi connectivity index (χ4n) is 1.79. The van der Waals surface area contributed by atoms with Gasteiger partial charge in [-0.1, -0.05) is 24.3 Å². The molecule has 0 saturated carbocycles. The van der Waals surface area contributed by atoms with E-state index < -0.39 is 0 Å². The summed E-state index contributed by atoms with van der Waals surface area (Å²) in [5.41, 5.74) is 1.60. The largest absolute Gasteiger partial charge is 0.207 e. The summed E-state index contributed by atoms with van der Waals surface area (Å²) in [6.07, 6.45) is 2.84. The summed E-state index contributed by atoms with van der Waals surface area (Å²) in [4.78, 5) is 0. The molecule has 81 valence electrons. The molecule has 0 unspecified atom stereocenters. The molecule has 2 nitrogen and oxygen atoms in total. The zero-order valence-electron chi connectivity index (χ0n) is 8.89. The van der Waals surface area contributed by atoms with Gasteiger partial charge >= 0.3 is 0 Å². The Hall–Kier alpha value is -2.29. The van der Waals surface area contributed by atoms with E-state index in [0.29, 0.717) is 0 Å². The minimum absolute atomic E-state index is 0.256. The van der Waals surface area contributed by atoms with Crippen molar-refractivity contribution in [3.63, 3.8) is 0 Å². The Morgan fingerprint density at radius 3 is 2.53 bits per heavy atom. The number of fused-ring (bicyclic) bond motifs is 1. The smallest absolute Gasteiger partial charge is 0.123 e. The van der Waals surface area contributed by atoms with E-state index in [0.717, 1.165) is 22.0 Å². The first-order chi connectivity index (χ1) is 8.34. The first kappa shape index (κ1) is 9.90. The van der Waals surface area contributed by atoms with Crippen LogP contribution in [0.3, 0.4) is 0 Å². The fraction of sp³-hybridized carbons (Fsp3) is 0. The molecule has 3 rings (SSSR count). The number of nitrogens with zero attached hydrogens (tertiary/aromatic N) is 2. The Bertz CT molecular complexity index is 657. The first-order valence-electron chi connectivity index (χ1n) is 5.23. The van der Waals surface area contributed by atoms with Gasteiger partial charge in [-0.2, -0.15) is 0 Å². The predicted octanol–water partition coefficient (Wildman–Crippen LogP) is 3.24. The van der Waals surface area contributed by atoms with Crippen molar-refractivity contribution in [3.8, 4) is 11.3 Å². The third kappa shape index (κ3) is 1.76. The van der Waals surface area contributed by atoms with Gasteiger partial charge in [-0.05, 0) is 24.3 Å². The molecule has 17 heavy (non-hydrogen) atoms. The minimum atomic E-state index is -0.256. The summed E-state index contributed by atoms with van der Waals surface area (Å²) in [6, 6.07) is 14.0. The highest BCUT2D eigenvalue weighted by Gasteiger charge is 2.05. The normalized spacial score (nSPS) is 10.6. The summed E-state index contributed by atoms with van der Waals surface area (Å²) >= 11 is 0. The van der Waals surface area contributed by atoms with Gasteiger partial charge in [-0.25, -0.2) is 4.39 Å². The SMILES string of the molecule is Fc1ccc(-c2nn[c]c3ccccc23)cc1. The fourth-order valence-corrected chi connectivity index (χ4v) is 1.79. The van der Waals surface area contributed by atoms with Crippen LogP contribution in [0, 0.1) is 12.0 Å². The Labute approximate surface area is 97.7 Å². The van der Waals surface area contributed by atoms with Gasteiger partial charge in [-0.15, -0.1) is 10.2 Å². The molecule has 0 aliphatic heterocycles. The van der Waals surface area contributed by atoms with E-state index in [2.05, 4.69) is 16.4 Å². The van der Waals surface area contributed by atoms with E-state index in [9.17, 15) is 4.39 Å². The van der Waals surface area contributed by atoms with E-state index in [1.807, 2.05) is 24.3 Å². The average Bonchev–Trinajstić information content (AvgIpc) is 2.39. The van der Waals surface area contributed by atoms with E-state index in [-0.39, 0.29) is 5.82 Å². The second-order valence-electron chi connectivity index (χ2n) is 3.71. The van der Waals surface area contributed by atoms with Crippen molar-refractivity contribution in [2.24, 2.45) is 0 Å². The van der Waals surface area contributed by atoms with Crippen LogP contribution >= 0.6 is 0 Å². The van der Waals surface area contributed by atoms with E-state index in [1.165, 1.54) is 12.1 Å². The molecule has 0 amide bonds. The van der Waals surface area contributed by atoms with Gasteiger partial charge in [0.2, 0.25) is 0 Å². The van der Waals surface area contributed by atoms with Gasteiger partial charge in [0.1, 0.15) is 17.7 Å². The molecule has 0 saturated heterocycles. The molecule has 2 aromatic carbocycles. The van der Waals surface area contributed by atoms with Crippen LogP contribution in [0.5, 0.6) is 0 Å². The minimum Gasteiger partial charge on any atom is -0.207 e. The maximum atomic E-state index is 12.9. The van der Waals surface area contributed by atoms with Crippen LogP contribution in [0.25, 0.3) is 22.0 Å². The van der Waals surface area contributed by atoms with Crippen LogP contribution in [0.2, 0.25) is 0 Å². The molecule has 1 aromatic heterocycles. The van der Waals surface area contributed by atoms with E-state index >= 15 is 0 Å². The molecule has 0 bridgehead atoms. The summed E-state index contributed by atoms with van der Waals surface area (Å²) in [6.45, 7) is 0. The van der Waals surface area contributed by atoms with Crippen molar-refractivity contribution in [1.29, 1.82) is 0 Å². The zero-order chi connectivity index (χ0) is 11.7. The molecule has 0 aliphatic rings. The Morgan fingerprint density at radius 1 is 0.941 bits per heavy atom. The zero-order valence-corrected chi connectivity index (χ0v) is 8.89. The second-order valence-corrected chi connectivity index (χ2v) is 3.71. The lowest BCUT2D eigenvalue weighted by Crippen LogP contribution is -1.89. The monoisotopic (exact) mass is 223 g/mol. The molecular weight excluding hydrogens is 215 g/mol. The van der Waals surface area contributed by atoms with Gasteiger partial charge in [0.05, 0.1) is 0 Å². The van der Waals surface area contributed by atoms with Gasteiger partial charge in [-0.3, -0.25) is 0 Å². The summed E-state index contributed by atoms with van der Waals surface area (Å²) in [5.74, 6) is -0.256. The summed E-state index contributed by atoms with van der Waals surface area (Å²) in [5, 5.41) is 9.79. The van der Waals surface area contributed by atoms with E-state index in [4.69, 9.17) is 0 Å². The van der Waals surface area contributed by atoms with E-state index in [1.54, 1.807) is 12.1 Å². The number of rotatable bonds is 1. The molecule has 0 fully saturated rings. The lowest BCUT2D eigenvalue weighted by atomic mass is 10.1. The topological polar surface area (TPSA) is 25.8 Å². The summed E-state index contributed by atoms with van der Waals surface area (Å²) < 4.78 is 12.9. The number of aromatic nitrogens is 2. The molecule has 1 radical (unpaired) electrons. The summed E-state index contributed by atoms with van der Waals surface area (Å²) in [7, 11) is 0. The lowest BCUT2D eigenvalue weighted by Gasteiger charge is -2.03. The molecule has 1 heterocycles. The molecule has 0 spiro atoms. The Balaban J connectivity index is 2.27. The maximum Gasteiger partial charge on any atom is 0.123 e. The first-order valence-corrected chi connectivity index (χ1v) is 5.23. The highest BCUT2D eigenvalue weighted by atomic mass is 19.1. The van der Waals surface area contributed by atoms with Crippen molar-refractivity contribution < 1.29 is 4.39 Å². The van der Waals surface area contributed by atoms with Crippen molar-refractivity contribution in [2.45, 2.75) is 0 Å². The van der Waals surface area contributed by atoms with Crippen molar-refractivity contribution in [3.05, 3.63) is 60.5 Å². The van der Waals surface area contributed by atoms with Crippen LogP contribution in [-0.2, 0) is 0 Å². The van der Waals surface area contributed by atoms with Gasteiger partial charge < -0.3 is 0 Å². The van der Waals surface area contributed by atoms with Crippen molar-refractivity contribution in [2.75, 3.05) is 0 Å². The van der Waals surface area contributed by atoms with Crippen LogP contribution in [0.1, 0.15) is 0 Å². The molecule has 3 heteroatoms. The van der Waals surface area contributed by atoms with Crippen LogP contribution in [-0.4, -0.2) is 10.2 Å². The van der Waals surface area contributed by atoms with Crippen molar-refractivity contribution >= 4 is 10.8 Å². The quantitative estimate of drug-likeness (QED) is 0.633. The Kier molecular flexibility index (Phi) is 2.29. The molecule has 0 atom stereocenters. The highest BCUT2D eigenvalue weighted by molar-refractivity contribution is 5.93. The van der Waals surface area contributed by atoms with Gasteiger partial charge in [0.25, 0.3) is 0 Å². The molecular formula is C14H8FN2. The molecule has 3 aromatic rings. The standard InChI is InChI=1S/C14H8FN2/c15-12-7-5-10(6-8-12)14-13-4-2-1-3-11(13)9-16-17-14/h1-8H. The second kappa shape index (κ2) is 3.94. The predicted molar refractivity (Wildman–Crippen MR) is 63.8 cm³/mol. The molecule has 0 aliphatic carbocycles. The molecule has 0 N–H and O–H groups in total. The van der Waals surface area contributed by atoms with Crippen LogP contribution in [0.15, 0.2) is 48.5 Å². The van der Waals surface area contributed by atoms with Crippen LogP contribution < -0.4 is 0 Å². The lowest BCUT2D eigenvalue weighted by molar-refractivity contribution is 0.628. The maximum absolute atomic E-state index is 12.9. The van der Waals surface area contributed by atoms with Crippen LogP contribution in [0.4, 0.5) is 4.39 Å². The number of benzene rings is 2. The number of hydrogen-bond donors (Lipinski definition) is 0. The van der Waals surface area contributed by atoms with Gasteiger partial charge in [0.15, 0.2) is 0 Å². The Morgan fingerprint density at radius 2 is 1.71 bits per heavy atom. The number of hydrogen-bond acceptors (Lipinski definition) is 2. The third-order valence-corrected chi connectivity index (χ3v) is 2.62. The third-order valence-electron chi connectivity index (χ3n) is 2.62. The highest BCUT2D eigenvalue weighted by Crippen LogP contribution is 2.25. The van der Waals surface area contributed by atoms with Gasteiger partial charge in [0, 0.05) is 16.3 Å². The number of halogens is 1. The van der Waals surface area contributed by atoms with Crippen molar-refractivity contribution in [1.82, 2.24) is 10.2 Å².